The standard InChI is InChI=1S/C31H24/c1-23-4-8-26(9-5-23)12-13-28-15-18-30(19-16-28)31-21-20-29(25(3)22-31)17-14-27-10-6-24(2)7-11-27/h4-11,15-16,18-22H,1-3H3. The summed E-state index contributed by atoms with van der Waals surface area (Å²) >= 11 is 0. The molecule has 0 aliphatic carbocycles. The first-order chi connectivity index (χ1) is 15.1. The number of hydrogen-bond acceptors (Lipinski definition) is 0. The lowest BCUT2D eigenvalue weighted by molar-refractivity contribution is 1.43. The third-order valence-corrected chi connectivity index (χ3v) is 5.24. The van der Waals surface area contributed by atoms with Gasteiger partial charge in [0.1, 0.15) is 0 Å². The molecular weight excluding hydrogens is 372 g/mol. The summed E-state index contributed by atoms with van der Waals surface area (Å²) in [5.74, 6) is 13.0. The lowest BCUT2D eigenvalue weighted by Gasteiger charge is -2.05. The van der Waals surface area contributed by atoms with Crippen molar-refractivity contribution in [2.45, 2.75) is 20.8 Å². The third kappa shape index (κ3) is 5.33. The Labute approximate surface area is 185 Å². The molecule has 0 aliphatic heterocycles. The molecule has 0 saturated carbocycles. The van der Waals surface area contributed by atoms with Gasteiger partial charge in [0.15, 0.2) is 0 Å². The fraction of sp³-hybridized carbons (Fsp3) is 0.0968. The van der Waals surface area contributed by atoms with Crippen molar-refractivity contribution in [1.82, 2.24) is 0 Å². The third-order valence-electron chi connectivity index (χ3n) is 5.24. The minimum absolute atomic E-state index is 1.02. The van der Waals surface area contributed by atoms with Gasteiger partial charge in [0.05, 0.1) is 0 Å². The molecule has 0 heterocycles. The van der Waals surface area contributed by atoms with Crippen LogP contribution in [0.2, 0.25) is 0 Å². The highest BCUT2D eigenvalue weighted by Gasteiger charge is 2.01. The van der Waals surface area contributed by atoms with Gasteiger partial charge in [-0.05, 0) is 79.9 Å². The Bertz CT molecular complexity index is 1310. The Morgan fingerprint density at radius 3 is 1.32 bits per heavy atom. The molecule has 4 rings (SSSR count). The first-order valence-electron chi connectivity index (χ1n) is 10.5. The number of rotatable bonds is 1. The van der Waals surface area contributed by atoms with E-state index in [1.807, 2.05) is 0 Å². The van der Waals surface area contributed by atoms with Gasteiger partial charge in [-0.15, -0.1) is 0 Å². The molecule has 0 fully saturated rings. The normalized spacial score (nSPS) is 9.90. The summed E-state index contributed by atoms with van der Waals surface area (Å²) in [5, 5.41) is 0. The zero-order chi connectivity index (χ0) is 21.6. The molecule has 4 aromatic carbocycles. The van der Waals surface area contributed by atoms with E-state index in [4.69, 9.17) is 0 Å². The Morgan fingerprint density at radius 1 is 0.419 bits per heavy atom. The quantitative estimate of drug-likeness (QED) is 0.302. The summed E-state index contributed by atoms with van der Waals surface area (Å²) in [4.78, 5) is 0. The molecule has 0 heteroatoms. The molecule has 0 atom stereocenters. The average molecular weight is 397 g/mol. The van der Waals surface area contributed by atoms with Gasteiger partial charge in [0.2, 0.25) is 0 Å². The topological polar surface area (TPSA) is 0 Å². The van der Waals surface area contributed by atoms with E-state index in [0.29, 0.717) is 0 Å². The van der Waals surface area contributed by atoms with E-state index in [1.54, 1.807) is 0 Å². The predicted molar refractivity (Wildman–Crippen MR) is 131 cm³/mol. The maximum Gasteiger partial charge on any atom is 0.0278 e. The minimum atomic E-state index is 1.02. The van der Waals surface area contributed by atoms with Crippen LogP contribution in [0.1, 0.15) is 38.9 Å². The second kappa shape index (κ2) is 9.21. The molecule has 0 spiro atoms. The van der Waals surface area contributed by atoms with Crippen LogP contribution in [0.5, 0.6) is 0 Å². The molecule has 0 nitrogen and oxygen atoms in total. The monoisotopic (exact) mass is 396 g/mol. The Morgan fingerprint density at radius 2 is 0.839 bits per heavy atom. The van der Waals surface area contributed by atoms with Crippen LogP contribution in [0, 0.1) is 44.5 Å². The van der Waals surface area contributed by atoms with Crippen molar-refractivity contribution in [3.05, 3.63) is 130 Å². The van der Waals surface area contributed by atoms with Gasteiger partial charge in [0.25, 0.3) is 0 Å². The summed E-state index contributed by atoms with van der Waals surface area (Å²) in [7, 11) is 0. The Balaban J connectivity index is 1.51. The molecule has 0 radical (unpaired) electrons. The highest BCUT2D eigenvalue weighted by Crippen LogP contribution is 2.22. The van der Waals surface area contributed by atoms with Gasteiger partial charge in [-0.2, -0.15) is 0 Å². The van der Waals surface area contributed by atoms with Gasteiger partial charge >= 0.3 is 0 Å². The van der Waals surface area contributed by atoms with Crippen LogP contribution < -0.4 is 0 Å². The van der Waals surface area contributed by atoms with Crippen LogP contribution in [0.25, 0.3) is 11.1 Å². The van der Waals surface area contributed by atoms with E-state index in [2.05, 4.69) is 135 Å². The van der Waals surface area contributed by atoms with Gasteiger partial charge in [-0.3, -0.25) is 0 Å². The summed E-state index contributed by atoms with van der Waals surface area (Å²) < 4.78 is 0. The van der Waals surface area contributed by atoms with Crippen LogP contribution in [-0.2, 0) is 0 Å². The average Bonchev–Trinajstić information content (AvgIpc) is 2.79. The van der Waals surface area contributed by atoms with Crippen molar-refractivity contribution < 1.29 is 0 Å². The van der Waals surface area contributed by atoms with E-state index in [1.165, 1.54) is 27.8 Å². The zero-order valence-corrected chi connectivity index (χ0v) is 18.2. The molecule has 0 bridgehead atoms. The van der Waals surface area contributed by atoms with Crippen LogP contribution in [0.15, 0.2) is 91.0 Å². The molecule has 0 amide bonds. The van der Waals surface area contributed by atoms with Crippen molar-refractivity contribution in [1.29, 1.82) is 0 Å². The Hall–Kier alpha value is -4.00. The van der Waals surface area contributed by atoms with E-state index in [-0.39, 0.29) is 0 Å². The molecule has 0 saturated heterocycles. The molecule has 148 valence electrons. The van der Waals surface area contributed by atoms with Crippen molar-refractivity contribution in [3.8, 4) is 34.8 Å². The maximum absolute atomic E-state index is 3.30. The highest BCUT2D eigenvalue weighted by atomic mass is 14.1. The lowest BCUT2D eigenvalue weighted by atomic mass is 9.99. The summed E-state index contributed by atoms with van der Waals surface area (Å²) in [6.07, 6.45) is 0. The van der Waals surface area contributed by atoms with Gasteiger partial charge in [-0.1, -0.05) is 83.3 Å². The van der Waals surface area contributed by atoms with Crippen LogP contribution in [0.4, 0.5) is 0 Å². The van der Waals surface area contributed by atoms with Crippen LogP contribution in [-0.4, -0.2) is 0 Å². The highest BCUT2D eigenvalue weighted by molar-refractivity contribution is 5.67. The first-order valence-corrected chi connectivity index (χ1v) is 10.5. The van der Waals surface area contributed by atoms with Gasteiger partial charge in [-0.25, -0.2) is 0 Å². The number of aryl methyl sites for hydroxylation is 3. The fourth-order valence-corrected chi connectivity index (χ4v) is 3.29. The number of hydrogen-bond donors (Lipinski definition) is 0. The molecule has 0 aromatic heterocycles. The van der Waals surface area contributed by atoms with Crippen molar-refractivity contribution >= 4 is 0 Å². The first kappa shape index (κ1) is 20.3. The molecule has 0 N–H and O–H groups in total. The SMILES string of the molecule is Cc1ccc(C#Cc2ccc(-c3ccc(C#Cc4ccc(C)cc4)c(C)c3)cc2)cc1. The van der Waals surface area contributed by atoms with Gasteiger partial charge in [0, 0.05) is 22.3 Å². The number of benzene rings is 4. The van der Waals surface area contributed by atoms with Gasteiger partial charge < -0.3 is 0 Å². The second-order valence-corrected chi connectivity index (χ2v) is 7.84. The minimum Gasteiger partial charge on any atom is -0.0617 e. The largest absolute Gasteiger partial charge is 0.0617 e. The van der Waals surface area contributed by atoms with Crippen LogP contribution >= 0.6 is 0 Å². The van der Waals surface area contributed by atoms with Crippen molar-refractivity contribution in [2.24, 2.45) is 0 Å². The van der Waals surface area contributed by atoms with E-state index in [9.17, 15) is 0 Å². The van der Waals surface area contributed by atoms with E-state index >= 15 is 0 Å². The molecule has 0 aliphatic rings. The molecule has 31 heavy (non-hydrogen) atoms. The van der Waals surface area contributed by atoms with E-state index in [0.717, 1.165) is 22.3 Å². The Kier molecular flexibility index (Phi) is 6.03. The zero-order valence-electron chi connectivity index (χ0n) is 18.2. The van der Waals surface area contributed by atoms with E-state index < -0.39 is 0 Å². The fourth-order valence-electron chi connectivity index (χ4n) is 3.29. The predicted octanol–water partition coefficient (Wildman–Crippen LogP) is 7.08. The second-order valence-electron chi connectivity index (χ2n) is 7.84. The summed E-state index contributed by atoms with van der Waals surface area (Å²) in [6.45, 7) is 6.29. The van der Waals surface area contributed by atoms with Crippen molar-refractivity contribution in [2.75, 3.05) is 0 Å². The summed E-state index contributed by atoms with van der Waals surface area (Å²) in [5.41, 5.74) is 10.2. The molecular formula is C31H24. The smallest absolute Gasteiger partial charge is 0.0278 e. The maximum atomic E-state index is 3.30. The van der Waals surface area contributed by atoms with Crippen molar-refractivity contribution in [3.63, 3.8) is 0 Å². The summed E-state index contributed by atoms with van der Waals surface area (Å²) in [6, 6.07) is 31.5. The molecule has 0 unspecified atom stereocenters. The van der Waals surface area contributed by atoms with Crippen LogP contribution in [0.3, 0.4) is 0 Å². The molecule has 4 aromatic rings. The lowest BCUT2D eigenvalue weighted by Crippen LogP contribution is -1.86.